The molecule has 0 saturated carbocycles. The molecule has 0 aliphatic carbocycles. The molecule has 2 amide bonds. The van der Waals surface area contributed by atoms with E-state index in [9.17, 15) is 18.0 Å². The number of hydrogen-bond acceptors (Lipinski definition) is 6. The molecule has 0 aromatic heterocycles. The Labute approximate surface area is 257 Å². The predicted octanol–water partition coefficient (Wildman–Crippen LogP) is 5.54. The molecule has 0 aliphatic heterocycles. The average molecular weight is 637 g/mol. The van der Waals surface area contributed by atoms with Gasteiger partial charge in [-0.2, -0.15) is 0 Å². The first-order valence-electron chi connectivity index (χ1n) is 13.4. The number of anilines is 1. The molecule has 42 heavy (non-hydrogen) atoms. The topological polar surface area (TPSA) is 105 Å². The molecule has 0 spiro atoms. The minimum Gasteiger partial charge on any atom is -0.493 e. The van der Waals surface area contributed by atoms with Crippen LogP contribution < -0.4 is 19.1 Å². The number of benzene rings is 3. The maximum atomic E-state index is 14.1. The van der Waals surface area contributed by atoms with Crippen LogP contribution >= 0.6 is 23.2 Å². The van der Waals surface area contributed by atoms with E-state index in [4.69, 9.17) is 32.7 Å². The van der Waals surface area contributed by atoms with Gasteiger partial charge in [-0.15, -0.1) is 0 Å². The predicted molar refractivity (Wildman–Crippen MR) is 165 cm³/mol. The zero-order valence-corrected chi connectivity index (χ0v) is 26.3. The third kappa shape index (κ3) is 7.87. The molecule has 12 heteroatoms. The van der Waals surface area contributed by atoms with Crippen LogP contribution in [0.3, 0.4) is 0 Å². The summed E-state index contributed by atoms with van der Waals surface area (Å²) in [6.45, 7) is 3.56. The first kappa shape index (κ1) is 33.0. The maximum Gasteiger partial charge on any atom is 0.264 e. The number of ether oxygens (including phenoxy) is 2. The molecular formula is C30H35Cl2N3O6S. The van der Waals surface area contributed by atoms with Crippen molar-refractivity contribution in [3.05, 3.63) is 82.3 Å². The second-order valence-corrected chi connectivity index (χ2v) is 12.0. The van der Waals surface area contributed by atoms with Crippen molar-refractivity contribution in [1.29, 1.82) is 0 Å². The number of nitrogens with zero attached hydrogens (tertiary/aromatic N) is 2. The number of amides is 2. The standard InChI is InChI=1S/C30H35Cl2N3O6S/c1-5-16-33-30(37)26(6-2)34(19-21-12-14-24(31)25(32)17-21)29(36)20-35(42(38,39)23-10-8-7-9-11-23)22-13-15-27(40-3)28(18-22)41-4/h7-15,17-18,26H,5-6,16,19-20H2,1-4H3,(H,33,37)/t26-/m0/s1. The molecule has 9 nitrogen and oxygen atoms in total. The lowest BCUT2D eigenvalue weighted by molar-refractivity contribution is -0.140. The van der Waals surface area contributed by atoms with Gasteiger partial charge in [0.25, 0.3) is 10.0 Å². The lowest BCUT2D eigenvalue weighted by atomic mass is 10.1. The zero-order chi connectivity index (χ0) is 30.9. The summed E-state index contributed by atoms with van der Waals surface area (Å²) in [6.07, 6.45) is 1.01. The lowest BCUT2D eigenvalue weighted by Crippen LogP contribution is -2.52. The minimum atomic E-state index is -4.23. The van der Waals surface area contributed by atoms with Crippen LogP contribution in [0.4, 0.5) is 5.69 Å². The van der Waals surface area contributed by atoms with Gasteiger partial charge in [-0.1, -0.05) is 61.3 Å². The monoisotopic (exact) mass is 635 g/mol. The van der Waals surface area contributed by atoms with Gasteiger partial charge >= 0.3 is 0 Å². The SMILES string of the molecule is CCCNC(=O)[C@H](CC)N(Cc1ccc(Cl)c(Cl)c1)C(=O)CN(c1ccc(OC)c(OC)c1)S(=O)(=O)c1ccccc1. The Morgan fingerprint density at radius 3 is 2.19 bits per heavy atom. The Hall–Kier alpha value is -3.47. The molecule has 0 fully saturated rings. The second kappa shape index (κ2) is 15.1. The van der Waals surface area contributed by atoms with Crippen molar-refractivity contribution in [3.63, 3.8) is 0 Å². The fourth-order valence-corrected chi connectivity index (χ4v) is 6.10. The van der Waals surface area contributed by atoms with Crippen molar-refractivity contribution < 1.29 is 27.5 Å². The van der Waals surface area contributed by atoms with Crippen LogP contribution in [0.2, 0.25) is 10.0 Å². The quantitative estimate of drug-likeness (QED) is 0.249. The number of hydrogen-bond donors (Lipinski definition) is 1. The molecule has 0 bridgehead atoms. The molecule has 0 unspecified atom stereocenters. The van der Waals surface area contributed by atoms with Crippen molar-refractivity contribution in [2.45, 2.75) is 44.2 Å². The highest BCUT2D eigenvalue weighted by Gasteiger charge is 2.34. The average Bonchev–Trinajstić information content (AvgIpc) is 3.00. The molecule has 0 saturated heterocycles. The van der Waals surface area contributed by atoms with E-state index in [0.29, 0.717) is 40.7 Å². The summed E-state index contributed by atoms with van der Waals surface area (Å²) in [7, 11) is -1.33. The number of sulfonamides is 1. The van der Waals surface area contributed by atoms with Crippen LogP contribution in [-0.4, -0.2) is 58.5 Å². The Balaban J connectivity index is 2.11. The third-order valence-electron chi connectivity index (χ3n) is 6.54. The third-order valence-corrected chi connectivity index (χ3v) is 9.06. The van der Waals surface area contributed by atoms with E-state index in [1.54, 1.807) is 49.4 Å². The number of carbonyl (C=O) groups excluding carboxylic acids is 2. The van der Waals surface area contributed by atoms with Crippen molar-refractivity contribution in [1.82, 2.24) is 10.2 Å². The summed E-state index contributed by atoms with van der Waals surface area (Å²) in [6, 6.07) is 16.4. The van der Waals surface area contributed by atoms with E-state index in [1.807, 2.05) is 6.92 Å². The van der Waals surface area contributed by atoms with Crippen LogP contribution in [0.5, 0.6) is 11.5 Å². The molecule has 226 valence electrons. The van der Waals surface area contributed by atoms with Crippen LogP contribution in [0, 0.1) is 0 Å². The fraction of sp³-hybridized carbons (Fsp3) is 0.333. The minimum absolute atomic E-state index is 0.00106. The molecule has 3 aromatic rings. The first-order chi connectivity index (χ1) is 20.1. The summed E-state index contributed by atoms with van der Waals surface area (Å²) in [5.41, 5.74) is 0.811. The smallest absolute Gasteiger partial charge is 0.264 e. The highest BCUT2D eigenvalue weighted by molar-refractivity contribution is 7.92. The molecule has 0 heterocycles. The Morgan fingerprint density at radius 2 is 1.60 bits per heavy atom. The van der Waals surface area contributed by atoms with Gasteiger partial charge in [-0.05, 0) is 54.8 Å². The summed E-state index contributed by atoms with van der Waals surface area (Å²) in [5.74, 6) is -0.247. The molecule has 0 aliphatic rings. The molecular weight excluding hydrogens is 601 g/mol. The molecule has 3 aromatic carbocycles. The van der Waals surface area contributed by atoms with Gasteiger partial charge in [0.15, 0.2) is 11.5 Å². The van der Waals surface area contributed by atoms with Gasteiger partial charge < -0.3 is 19.7 Å². The zero-order valence-electron chi connectivity index (χ0n) is 24.0. The molecule has 0 radical (unpaired) electrons. The van der Waals surface area contributed by atoms with E-state index in [2.05, 4.69) is 5.32 Å². The van der Waals surface area contributed by atoms with Crippen LogP contribution in [-0.2, 0) is 26.2 Å². The van der Waals surface area contributed by atoms with Gasteiger partial charge in [0.2, 0.25) is 11.8 Å². The first-order valence-corrected chi connectivity index (χ1v) is 15.6. The maximum absolute atomic E-state index is 14.1. The van der Waals surface area contributed by atoms with Gasteiger partial charge in [-0.3, -0.25) is 13.9 Å². The van der Waals surface area contributed by atoms with Crippen LogP contribution in [0.25, 0.3) is 0 Å². The molecule has 3 rings (SSSR count). The number of halogens is 2. The Morgan fingerprint density at radius 1 is 0.905 bits per heavy atom. The van der Waals surface area contributed by atoms with Crippen molar-refractivity contribution in [2.24, 2.45) is 0 Å². The largest absolute Gasteiger partial charge is 0.493 e. The number of methoxy groups -OCH3 is 2. The number of nitrogens with one attached hydrogen (secondary N) is 1. The number of carbonyl (C=O) groups is 2. The van der Waals surface area contributed by atoms with Crippen molar-refractivity contribution in [3.8, 4) is 11.5 Å². The van der Waals surface area contributed by atoms with E-state index < -0.39 is 28.5 Å². The highest BCUT2D eigenvalue weighted by atomic mass is 35.5. The van der Waals surface area contributed by atoms with E-state index in [0.717, 1.165) is 4.31 Å². The number of rotatable bonds is 14. The van der Waals surface area contributed by atoms with Crippen molar-refractivity contribution >= 4 is 50.7 Å². The molecule has 1 N–H and O–H groups in total. The Kier molecular flexibility index (Phi) is 11.9. The van der Waals surface area contributed by atoms with Gasteiger partial charge in [0, 0.05) is 19.2 Å². The van der Waals surface area contributed by atoms with E-state index in [-0.39, 0.29) is 28.8 Å². The summed E-state index contributed by atoms with van der Waals surface area (Å²) < 4.78 is 39.7. The van der Waals surface area contributed by atoms with Crippen LogP contribution in [0.1, 0.15) is 32.3 Å². The summed E-state index contributed by atoms with van der Waals surface area (Å²) in [5, 5.41) is 3.49. The summed E-state index contributed by atoms with van der Waals surface area (Å²) in [4.78, 5) is 28.7. The van der Waals surface area contributed by atoms with Crippen molar-refractivity contribution in [2.75, 3.05) is 31.6 Å². The summed E-state index contributed by atoms with van der Waals surface area (Å²) >= 11 is 12.3. The highest BCUT2D eigenvalue weighted by Crippen LogP contribution is 2.34. The van der Waals surface area contributed by atoms with Gasteiger partial charge in [0.05, 0.1) is 34.8 Å². The van der Waals surface area contributed by atoms with Crippen LogP contribution in [0.15, 0.2) is 71.6 Å². The van der Waals surface area contributed by atoms with Gasteiger partial charge in [-0.25, -0.2) is 8.42 Å². The fourth-order valence-electron chi connectivity index (χ4n) is 4.35. The molecule has 1 atom stereocenters. The normalized spacial score (nSPS) is 11.9. The lowest BCUT2D eigenvalue weighted by Gasteiger charge is -2.33. The Bertz CT molecular complexity index is 1490. The second-order valence-electron chi connectivity index (χ2n) is 9.35. The van der Waals surface area contributed by atoms with Gasteiger partial charge in [0.1, 0.15) is 12.6 Å². The van der Waals surface area contributed by atoms with E-state index in [1.165, 1.54) is 43.4 Å². The van der Waals surface area contributed by atoms with E-state index >= 15 is 0 Å².